The molecule has 0 bridgehead atoms. The van der Waals surface area contributed by atoms with Gasteiger partial charge in [-0.15, -0.1) is 0 Å². The van der Waals surface area contributed by atoms with Crippen LogP contribution >= 0.6 is 0 Å². The second-order valence-electron chi connectivity index (χ2n) is 4.10. The Morgan fingerprint density at radius 2 is 1.47 bits per heavy atom. The third-order valence-electron chi connectivity index (χ3n) is 2.81. The molecule has 0 aliphatic rings. The summed E-state index contributed by atoms with van der Waals surface area (Å²) >= 11 is 0. The van der Waals surface area contributed by atoms with Crippen LogP contribution in [0.15, 0.2) is 67.2 Å². The molecule has 1 heteroatoms. The largest absolute Gasteiger partial charge is 0.388 e. The van der Waals surface area contributed by atoms with E-state index in [2.05, 4.69) is 6.58 Å². The summed E-state index contributed by atoms with van der Waals surface area (Å²) in [5, 5.41) is 10.1. The summed E-state index contributed by atoms with van der Waals surface area (Å²) in [5.41, 5.74) is 2.98. The monoisotopic (exact) mass is 224 g/mol. The normalized spacial score (nSPS) is 12.1. The van der Waals surface area contributed by atoms with Crippen LogP contribution in [0.2, 0.25) is 0 Å². The minimum absolute atomic E-state index is 0.482. The van der Waals surface area contributed by atoms with Gasteiger partial charge in [0.1, 0.15) is 0 Å². The molecule has 0 aromatic heterocycles. The molecule has 1 atom stereocenters. The molecule has 0 aliphatic carbocycles. The third-order valence-corrected chi connectivity index (χ3v) is 2.81. The van der Waals surface area contributed by atoms with Crippen molar-refractivity contribution >= 4 is 5.57 Å². The van der Waals surface area contributed by atoms with E-state index in [9.17, 15) is 5.11 Å². The maximum Gasteiger partial charge on any atom is 0.0830 e. The van der Waals surface area contributed by atoms with Crippen molar-refractivity contribution in [2.45, 2.75) is 12.5 Å². The summed E-state index contributed by atoms with van der Waals surface area (Å²) in [5.74, 6) is 0. The Hall–Kier alpha value is -1.86. The van der Waals surface area contributed by atoms with Crippen LogP contribution in [0.25, 0.3) is 5.57 Å². The van der Waals surface area contributed by atoms with Gasteiger partial charge in [0.2, 0.25) is 0 Å². The first-order valence-electron chi connectivity index (χ1n) is 5.73. The van der Waals surface area contributed by atoms with Crippen molar-refractivity contribution in [2.24, 2.45) is 0 Å². The highest BCUT2D eigenvalue weighted by Gasteiger charge is 2.09. The summed E-state index contributed by atoms with van der Waals surface area (Å²) in [4.78, 5) is 0. The molecule has 17 heavy (non-hydrogen) atoms. The van der Waals surface area contributed by atoms with E-state index in [1.165, 1.54) is 0 Å². The number of rotatable bonds is 4. The zero-order valence-corrected chi connectivity index (χ0v) is 9.71. The van der Waals surface area contributed by atoms with Crippen LogP contribution in [-0.2, 0) is 0 Å². The van der Waals surface area contributed by atoms with Crippen molar-refractivity contribution in [1.82, 2.24) is 0 Å². The third kappa shape index (κ3) is 3.05. The molecule has 0 unspecified atom stereocenters. The summed E-state index contributed by atoms with van der Waals surface area (Å²) in [7, 11) is 0. The zero-order chi connectivity index (χ0) is 12.1. The zero-order valence-electron chi connectivity index (χ0n) is 9.71. The van der Waals surface area contributed by atoms with Gasteiger partial charge in [-0.3, -0.25) is 0 Å². The first-order valence-corrected chi connectivity index (χ1v) is 5.73. The van der Waals surface area contributed by atoms with Gasteiger partial charge in [0.25, 0.3) is 0 Å². The number of aliphatic hydroxyl groups excluding tert-OH is 1. The summed E-state index contributed by atoms with van der Waals surface area (Å²) in [6.45, 7) is 4.03. The highest BCUT2D eigenvalue weighted by molar-refractivity contribution is 5.63. The van der Waals surface area contributed by atoms with E-state index in [-0.39, 0.29) is 0 Å². The van der Waals surface area contributed by atoms with Crippen LogP contribution in [-0.4, -0.2) is 5.11 Å². The maximum atomic E-state index is 10.1. The van der Waals surface area contributed by atoms with E-state index in [0.29, 0.717) is 6.42 Å². The van der Waals surface area contributed by atoms with Crippen molar-refractivity contribution in [2.75, 3.05) is 0 Å². The minimum Gasteiger partial charge on any atom is -0.388 e. The molecule has 2 rings (SSSR count). The van der Waals surface area contributed by atoms with E-state index in [1.54, 1.807) is 0 Å². The average molecular weight is 224 g/mol. The predicted octanol–water partition coefficient (Wildman–Crippen LogP) is 3.82. The Morgan fingerprint density at radius 3 is 2.06 bits per heavy atom. The van der Waals surface area contributed by atoms with Crippen molar-refractivity contribution < 1.29 is 5.11 Å². The smallest absolute Gasteiger partial charge is 0.0830 e. The lowest BCUT2D eigenvalue weighted by Crippen LogP contribution is -1.98. The molecule has 1 nitrogen and oxygen atoms in total. The molecule has 0 amide bonds. The number of hydrogen-bond donors (Lipinski definition) is 1. The summed E-state index contributed by atoms with van der Waals surface area (Å²) < 4.78 is 0. The van der Waals surface area contributed by atoms with Crippen LogP contribution in [0, 0.1) is 0 Å². The molecule has 0 saturated heterocycles. The fourth-order valence-electron chi connectivity index (χ4n) is 1.82. The van der Waals surface area contributed by atoms with Gasteiger partial charge in [0, 0.05) is 6.42 Å². The number of hydrogen-bond acceptors (Lipinski definition) is 1. The van der Waals surface area contributed by atoms with Gasteiger partial charge in [-0.05, 0) is 16.7 Å². The lowest BCUT2D eigenvalue weighted by molar-refractivity contribution is 0.184. The Bertz CT molecular complexity index is 473. The van der Waals surface area contributed by atoms with E-state index in [1.807, 2.05) is 60.7 Å². The molecule has 2 aromatic rings. The van der Waals surface area contributed by atoms with Gasteiger partial charge < -0.3 is 5.11 Å². The summed E-state index contributed by atoms with van der Waals surface area (Å²) in [6.07, 6.45) is 0.0810. The second-order valence-corrected chi connectivity index (χ2v) is 4.10. The van der Waals surface area contributed by atoms with Gasteiger partial charge in [0.05, 0.1) is 6.10 Å². The lowest BCUT2D eigenvalue weighted by atomic mass is 9.98. The molecule has 0 radical (unpaired) electrons. The standard InChI is InChI=1S/C16H16O/c1-13(14-8-4-2-5-9-14)12-16(17)15-10-6-3-7-11-15/h2-11,16-17H,1,12H2/t16-/m0/s1. The number of aliphatic hydroxyl groups is 1. The molecule has 2 aromatic carbocycles. The lowest BCUT2D eigenvalue weighted by Gasteiger charge is -2.13. The van der Waals surface area contributed by atoms with Crippen LogP contribution in [0.5, 0.6) is 0 Å². The highest BCUT2D eigenvalue weighted by Crippen LogP contribution is 2.25. The molecule has 0 heterocycles. The van der Waals surface area contributed by atoms with Crippen LogP contribution in [0.1, 0.15) is 23.7 Å². The highest BCUT2D eigenvalue weighted by atomic mass is 16.3. The topological polar surface area (TPSA) is 20.2 Å². The molecule has 1 N–H and O–H groups in total. The molecular weight excluding hydrogens is 208 g/mol. The van der Waals surface area contributed by atoms with Gasteiger partial charge in [-0.1, -0.05) is 67.2 Å². The van der Waals surface area contributed by atoms with E-state index in [4.69, 9.17) is 0 Å². The Kier molecular flexibility index (Phi) is 3.73. The van der Waals surface area contributed by atoms with Gasteiger partial charge in [0.15, 0.2) is 0 Å². The quantitative estimate of drug-likeness (QED) is 0.837. The van der Waals surface area contributed by atoms with Crippen molar-refractivity contribution in [3.8, 4) is 0 Å². The van der Waals surface area contributed by atoms with E-state index < -0.39 is 6.10 Å². The Labute approximate surface area is 102 Å². The van der Waals surface area contributed by atoms with Gasteiger partial charge in [-0.2, -0.15) is 0 Å². The molecule has 86 valence electrons. The average Bonchev–Trinajstić information content (AvgIpc) is 2.40. The number of benzene rings is 2. The van der Waals surface area contributed by atoms with Crippen molar-refractivity contribution in [3.63, 3.8) is 0 Å². The Balaban J connectivity index is 2.05. The van der Waals surface area contributed by atoms with Gasteiger partial charge in [-0.25, -0.2) is 0 Å². The molecule has 0 fully saturated rings. The van der Waals surface area contributed by atoms with Crippen LogP contribution < -0.4 is 0 Å². The first-order chi connectivity index (χ1) is 8.27. The van der Waals surface area contributed by atoms with Crippen LogP contribution in [0.4, 0.5) is 0 Å². The second kappa shape index (κ2) is 5.46. The van der Waals surface area contributed by atoms with Crippen molar-refractivity contribution in [3.05, 3.63) is 78.4 Å². The van der Waals surface area contributed by atoms with Crippen molar-refractivity contribution in [1.29, 1.82) is 0 Å². The van der Waals surface area contributed by atoms with E-state index in [0.717, 1.165) is 16.7 Å². The molecule has 0 spiro atoms. The molecule has 0 aliphatic heterocycles. The van der Waals surface area contributed by atoms with E-state index >= 15 is 0 Å². The fraction of sp³-hybridized carbons (Fsp3) is 0.125. The minimum atomic E-state index is -0.482. The van der Waals surface area contributed by atoms with Gasteiger partial charge >= 0.3 is 0 Å². The molecular formula is C16H16O. The Morgan fingerprint density at radius 1 is 0.941 bits per heavy atom. The predicted molar refractivity (Wildman–Crippen MR) is 71.5 cm³/mol. The van der Waals surface area contributed by atoms with Crippen LogP contribution in [0.3, 0.4) is 0 Å². The SMILES string of the molecule is C=C(C[C@H](O)c1ccccc1)c1ccccc1. The first kappa shape index (κ1) is 11.6. The fourth-order valence-corrected chi connectivity index (χ4v) is 1.82. The molecule has 0 saturated carbocycles. The summed E-state index contributed by atoms with van der Waals surface area (Å²) in [6, 6.07) is 19.6. The maximum absolute atomic E-state index is 10.1.